The first-order chi connectivity index (χ1) is 12.5. The van der Waals surface area contributed by atoms with Gasteiger partial charge in [0.25, 0.3) is 0 Å². The predicted molar refractivity (Wildman–Crippen MR) is 107 cm³/mol. The van der Waals surface area contributed by atoms with Gasteiger partial charge in [0.2, 0.25) is 5.91 Å². The zero-order chi connectivity index (χ0) is 18.5. The van der Waals surface area contributed by atoms with Crippen LogP contribution in [0, 0.1) is 0 Å². The highest BCUT2D eigenvalue weighted by molar-refractivity contribution is 9.10. The maximum absolute atomic E-state index is 12.7. The fraction of sp³-hybridized carbons (Fsp3) is 0.368. The Hall–Kier alpha value is -1.30. The lowest BCUT2D eigenvalue weighted by Crippen LogP contribution is -2.39. The van der Waals surface area contributed by atoms with Crippen molar-refractivity contribution < 1.29 is 9.53 Å². The minimum atomic E-state index is 0.106. The van der Waals surface area contributed by atoms with Gasteiger partial charge in [-0.15, -0.1) is 0 Å². The summed E-state index contributed by atoms with van der Waals surface area (Å²) in [7, 11) is 0. The molecule has 1 aliphatic rings. The highest BCUT2D eigenvalue weighted by Crippen LogP contribution is 2.26. The predicted octanol–water partition coefficient (Wildman–Crippen LogP) is 5.15. The number of halogens is 3. The van der Waals surface area contributed by atoms with Crippen LogP contribution in [0.2, 0.25) is 10.0 Å². The number of hydrogen-bond donors (Lipinski definition) is 0. The van der Waals surface area contributed by atoms with Gasteiger partial charge < -0.3 is 9.64 Å². The smallest absolute Gasteiger partial charge is 0.223 e. The number of carbonyl (C=O) groups is 1. The van der Waals surface area contributed by atoms with Crippen LogP contribution in [0.15, 0.2) is 41.1 Å². The molecule has 0 spiro atoms. The molecule has 4 nitrogen and oxygen atoms in total. The molecule has 0 bridgehead atoms. The van der Waals surface area contributed by atoms with E-state index >= 15 is 0 Å². The van der Waals surface area contributed by atoms with Gasteiger partial charge in [-0.3, -0.25) is 9.78 Å². The summed E-state index contributed by atoms with van der Waals surface area (Å²) in [6.07, 6.45) is 5.94. The van der Waals surface area contributed by atoms with Gasteiger partial charge >= 0.3 is 0 Å². The van der Waals surface area contributed by atoms with Gasteiger partial charge in [-0.25, -0.2) is 0 Å². The number of aromatic nitrogens is 1. The number of nitrogens with zero attached hydrogens (tertiary/aromatic N) is 2. The van der Waals surface area contributed by atoms with Gasteiger partial charge in [0.15, 0.2) is 0 Å². The van der Waals surface area contributed by atoms with Gasteiger partial charge in [0.05, 0.1) is 16.1 Å². The van der Waals surface area contributed by atoms with Crippen molar-refractivity contribution in [1.29, 1.82) is 0 Å². The molecule has 138 valence electrons. The highest BCUT2D eigenvalue weighted by Gasteiger charge is 2.29. The van der Waals surface area contributed by atoms with E-state index in [0.717, 1.165) is 35.2 Å². The zero-order valence-corrected chi connectivity index (χ0v) is 17.2. The van der Waals surface area contributed by atoms with Gasteiger partial charge in [-0.1, -0.05) is 39.1 Å². The third kappa shape index (κ3) is 4.90. The summed E-state index contributed by atoms with van der Waals surface area (Å²) in [5.74, 6) is 0.915. The number of pyridine rings is 1. The van der Waals surface area contributed by atoms with E-state index < -0.39 is 0 Å². The Bertz CT molecular complexity index is 750. The standard InChI is InChI=1S/C19H19BrCl2N2O2/c20-13-3-5-15(6-4-13)26-12-14-2-1-9-24(14)19(25)8-7-16-17(21)10-23-11-18(16)22/h3-6,10-11,14H,1-2,7-9,12H2/t14-/m0/s1. The van der Waals surface area contributed by atoms with Crippen LogP contribution in [-0.2, 0) is 11.2 Å². The second kappa shape index (κ2) is 9.07. The largest absolute Gasteiger partial charge is 0.491 e. The van der Waals surface area contributed by atoms with Crippen molar-refractivity contribution in [1.82, 2.24) is 9.88 Å². The van der Waals surface area contributed by atoms with Crippen LogP contribution in [-0.4, -0.2) is 35.0 Å². The van der Waals surface area contributed by atoms with Crippen LogP contribution < -0.4 is 4.74 Å². The van der Waals surface area contributed by atoms with Crippen molar-refractivity contribution in [3.8, 4) is 5.75 Å². The van der Waals surface area contributed by atoms with Crippen LogP contribution in [0.25, 0.3) is 0 Å². The summed E-state index contributed by atoms with van der Waals surface area (Å²) >= 11 is 15.7. The van der Waals surface area contributed by atoms with Crippen molar-refractivity contribution in [3.63, 3.8) is 0 Å². The lowest BCUT2D eigenvalue weighted by atomic mass is 10.1. The quantitative estimate of drug-likeness (QED) is 0.602. The van der Waals surface area contributed by atoms with E-state index in [-0.39, 0.29) is 11.9 Å². The molecule has 1 fully saturated rings. The normalized spacial score (nSPS) is 16.7. The van der Waals surface area contributed by atoms with E-state index in [4.69, 9.17) is 27.9 Å². The Morgan fingerprint density at radius 1 is 1.23 bits per heavy atom. The molecule has 7 heteroatoms. The number of amides is 1. The second-order valence-corrected chi connectivity index (χ2v) is 7.96. The molecule has 2 aromatic rings. The van der Waals surface area contributed by atoms with Gasteiger partial charge in [0.1, 0.15) is 12.4 Å². The topological polar surface area (TPSA) is 42.4 Å². The number of hydrogen-bond acceptors (Lipinski definition) is 3. The Balaban J connectivity index is 1.55. The Morgan fingerprint density at radius 2 is 1.92 bits per heavy atom. The molecule has 1 aromatic heterocycles. The number of ether oxygens (including phenoxy) is 1. The molecule has 0 N–H and O–H groups in total. The summed E-state index contributed by atoms with van der Waals surface area (Å²) in [6.45, 7) is 1.27. The van der Waals surface area contributed by atoms with E-state index in [2.05, 4.69) is 20.9 Å². The minimum Gasteiger partial charge on any atom is -0.491 e. The molecule has 26 heavy (non-hydrogen) atoms. The fourth-order valence-electron chi connectivity index (χ4n) is 3.11. The van der Waals surface area contributed by atoms with E-state index in [1.807, 2.05) is 29.2 Å². The van der Waals surface area contributed by atoms with E-state index in [0.29, 0.717) is 29.5 Å². The molecule has 3 rings (SSSR count). The number of carbonyl (C=O) groups excluding carboxylic acids is 1. The monoisotopic (exact) mass is 456 g/mol. The SMILES string of the molecule is O=C(CCc1c(Cl)cncc1Cl)N1CCC[C@H]1COc1ccc(Br)cc1. The van der Waals surface area contributed by atoms with E-state index in [1.54, 1.807) is 12.4 Å². The molecule has 1 aliphatic heterocycles. The van der Waals surface area contributed by atoms with Crippen molar-refractivity contribution >= 4 is 45.0 Å². The molecular weight excluding hydrogens is 439 g/mol. The van der Waals surface area contributed by atoms with Crippen LogP contribution in [0.5, 0.6) is 5.75 Å². The molecule has 2 heterocycles. The number of rotatable bonds is 6. The summed E-state index contributed by atoms with van der Waals surface area (Å²) in [5.41, 5.74) is 0.776. The first-order valence-corrected chi connectivity index (χ1v) is 10.0. The maximum Gasteiger partial charge on any atom is 0.223 e. The van der Waals surface area contributed by atoms with E-state index in [1.165, 1.54) is 0 Å². The van der Waals surface area contributed by atoms with Crippen molar-refractivity contribution in [2.75, 3.05) is 13.2 Å². The first kappa shape index (κ1) is 19.5. The zero-order valence-electron chi connectivity index (χ0n) is 14.1. The molecule has 1 atom stereocenters. The van der Waals surface area contributed by atoms with Gasteiger partial charge in [-0.05, 0) is 49.1 Å². The fourth-order valence-corrected chi connectivity index (χ4v) is 3.93. The maximum atomic E-state index is 12.7. The summed E-state index contributed by atoms with van der Waals surface area (Å²) in [4.78, 5) is 18.5. The van der Waals surface area contributed by atoms with Crippen LogP contribution in [0.1, 0.15) is 24.8 Å². The van der Waals surface area contributed by atoms with Crippen LogP contribution in [0.4, 0.5) is 0 Å². The van der Waals surface area contributed by atoms with Gasteiger partial charge in [-0.2, -0.15) is 0 Å². The summed E-state index contributed by atoms with van der Waals surface area (Å²) in [6, 6.07) is 7.82. The molecule has 1 aromatic carbocycles. The number of benzene rings is 1. The molecule has 0 aliphatic carbocycles. The van der Waals surface area contributed by atoms with Crippen LogP contribution >= 0.6 is 39.1 Å². The Labute approximate surface area is 171 Å². The lowest BCUT2D eigenvalue weighted by molar-refractivity contribution is -0.132. The van der Waals surface area contributed by atoms with Crippen molar-refractivity contribution in [2.45, 2.75) is 31.7 Å². The van der Waals surface area contributed by atoms with E-state index in [9.17, 15) is 4.79 Å². The highest BCUT2D eigenvalue weighted by atomic mass is 79.9. The Morgan fingerprint density at radius 3 is 2.62 bits per heavy atom. The average molecular weight is 458 g/mol. The molecule has 0 unspecified atom stereocenters. The average Bonchev–Trinajstić information content (AvgIpc) is 3.09. The van der Waals surface area contributed by atoms with Crippen LogP contribution in [0.3, 0.4) is 0 Å². The molecule has 1 saturated heterocycles. The second-order valence-electron chi connectivity index (χ2n) is 6.23. The Kier molecular flexibility index (Phi) is 6.79. The molecule has 0 saturated carbocycles. The molecule has 1 amide bonds. The third-order valence-electron chi connectivity index (χ3n) is 4.49. The molecule has 0 radical (unpaired) electrons. The third-order valence-corrected chi connectivity index (χ3v) is 5.67. The minimum absolute atomic E-state index is 0.106. The summed E-state index contributed by atoms with van der Waals surface area (Å²) < 4.78 is 6.87. The number of likely N-dealkylation sites (tertiary alicyclic amines) is 1. The first-order valence-electron chi connectivity index (χ1n) is 8.50. The molecular formula is C19H19BrCl2N2O2. The summed E-state index contributed by atoms with van der Waals surface area (Å²) in [5, 5.41) is 1.00. The van der Waals surface area contributed by atoms with Crippen molar-refractivity contribution in [3.05, 3.63) is 56.7 Å². The lowest BCUT2D eigenvalue weighted by Gasteiger charge is -2.25. The van der Waals surface area contributed by atoms with Crippen molar-refractivity contribution in [2.24, 2.45) is 0 Å². The van der Waals surface area contributed by atoms with Gasteiger partial charge in [0, 0.05) is 29.8 Å².